The van der Waals surface area contributed by atoms with Gasteiger partial charge in [0, 0.05) is 24.3 Å². The maximum absolute atomic E-state index is 11.0. The van der Waals surface area contributed by atoms with Gasteiger partial charge in [0.25, 0.3) is 0 Å². The zero-order valence-electron chi connectivity index (χ0n) is 27.2. The zero-order valence-corrected chi connectivity index (χ0v) is 27.2. The molecule has 0 aliphatic heterocycles. The van der Waals surface area contributed by atoms with Crippen LogP contribution in [0.5, 0.6) is 23.0 Å². The summed E-state index contributed by atoms with van der Waals surface area (Å²) in [7, 11) is 0. The molecule has 0 radical (unpaired) electrons. The van der Waals surface area contributed by atoms with Gasteiger partial charge < -0.3 is 39.4 Å². The Morgan fingerprint density at radius 1 is 0.660 bits per heavy atom. The first-order valence-electron chi connectivity index (χ1n) is 16.1. The minimum absolute atomic E-state index is 0.00438. The Hall–Kier alpha value is -4.29. The lowest BCUT2D eigenvalue weighted by atomic mass is 10.1. The van der Waals surface area contributed by atoms with Crippen molar-refractivity contribution in [2.75, 3.05) is 33.0 Å². The van der Waals surface area contributed by atoms with E-state index in [2.05, 4.69) is 21.9 Å². The molecule has 0 saturated carbocycles. The van der Waals surface area contributed by atoms with Crippen molar-refractivity contribution in [2.24, 2.45) is 0 Å². The van der Waals surface area contributed by atoms with E-state index in [1.807, 2.05) is 44.2 Å². The van der Waals surface area contributed by atoms with Crippen LogP contribution in [0.1, 0.15) is 46.5 Å². The van der Waals surface area contributed by atoms with Gasteiger partial charge in [-0.15, -0.1) is 0 Å². The first kappa shape index (κ1) is 35.6. The van der Waals surface area contributed by atoms with E-state index in [1.165, 1.54) is 12.1 Å². The molecular weight excluding hydrogens is 602 g/mol. The largest absolute Gasteiger partial charge is 0.507 e. The van der Waals surface area contributed by atoms with Gasteiger partial charge in [-0.25, -0.2) is 15.0 Å². The van der Waals surface area contributed by atoms with Crippen LogP contribution in [0.15, 0.2) is 66.7 Å². The minimum Gasteiger partial charge on any atom is -0.507 e. The fraction of sp³-hybridized carbons (Fsp3) is 0.417. The summed E-state index contributed by atoms with van der Waals surface area (Å²) in [6.45, 7) is 6.96. The van der Waals surface area contributed by atoms with Gasteiger partial charge >= 0.3 is 0 Å². The molecule has 3 aromatic carbocycles. The topological polar surface area (TPSA) is 157 Å². The zero-order chi connectivity index (χ0) is 33.6. The van der Waals surface area contributed by atoms with Crippen LogP contribution in [0.4, 0.5) is 0 Å². The molecule has 0 aliphatic carbocycles. The van der Waals surface area contributed by atoms with Crippen molar-refractivity contribution in [3.8, 4) is 57.2 Å². The molecule has 4 rings (SSSR count). The molecule has 1 heterocycles. The third kappa shape index (κ3) is 10.9. The molecular formula is C36H45N3O8. The highest BCUT2D eigenvalue weighted by Gasteiger charge is 2.18. The summed E-state index contributed by atoms with van der Waals surface area (Å²) in [6.07, 6.45) is 2.37. The quantitative estimate of drug-likeness (QED) is 0.0914. The van der Waals surface area contributed by atoms with Crippen LogP contribution in [0.3, 0.4) is 0 Å². The van der Waals surface area contributed by atoms with Crippen molar-refractivity contribution >= 4 is 0 Å². The van der Waals surface area contributed by atoms with Gasteiger partial charge in [0.05, 0.1) is 30.4 Å². The van der Waals surface area contributed by atoms with Gasteiger partial charge in [-0.2, -0.15) is 0 Å². The van der Waals surface area contributed by atoms with Gasteiger partial charge in [0.2, 0.25) is 0 Å². The van der Waals surface area contributed by atoms with Crippen LogP contribution >= 0.6 is 0 Å². The number of nitrogens with zero attached hydrogens (tertiary/aromatic N) is 3. The summed E-state index contributed by atoms with van der Waals surface area (Å²) in [6, 6.07) is 18.7. The number of aliphatic hydroxyl groups excluding tert-OH is 2. The monoisotopic (exact) mass is 647 g/mol. The first-order valence-corrected chi connectivity index (χ1v) is 16.1. The smallest absolute Gasteiger partial charge is 0.167 e. The predicted octanol–water partition coefficient (Wildman–Crippen LogP) is 5.79. The van der Waals surface area contributed by atoms with E-state index in [4.69, 9.17) is 18.9 Å². The Bertz CT molecular complexity index is 1540. The highest BCUT2D eigenvalue weighted by molar-refractivity contribution is 5.72. The number of aromatic hydroxyl groups is 2. The van der Waals surface area contributed by atoms with Crippen LogP contribution in [-0.4, -0.2) is 86.7 Å². The van der Waals surface area contributed by atoms with Crippen LogP contribution in [0.25, 0.3) is 34.2 Å². The highest BCUT2D eigenvalue weighted by Crippen LogP contribution is 2.35. The summed E-state index contributed by atoms with van der Waals surface area (Å²) in [5.41, 5.74) is 1.37. The van der Waals surface area contributed by atoms with Gasteiger partial charge in [0.1, 0.15) is 48.4 Å². The molecule has 0 bridgehead atoms. The van der Waals surface area contributed by atoms with Crippen molar-refractivity contribution in [2.45, 2.75) is 64.8 Å². The fourth-order valence-corrected chi connectivity index (χ4v) is 4.46. The lowest BCUT2D eigenvalue weighted by molar-refractivity contribution is -0.0192. The van der Waals surface area contributed by atoms with Crippen molar-refractivity contribution in [3.05, 3.63) is 66.7 Å². The third-order valence-corrected chi connectivity index (χ3v) is 7.32. The molecule has 3 atom stereocenters. The number of phenolic OH excluding ortho intramolecular Hbond substituents is 2. The number of hydrogen-bond acceptors (Lipinski definition) is 11. The number of phenols is 2. The predicted molar refractivity (Wildman–Crippen MR) is 179 cm³/mol. The minimum atomic E-state index is -0.825. The van der Waals surface area contributed by atoms with Crippen molar-refractivity contribution in [1.29, 1.82) is 0 Å². The molecule has 0 fully saturated rings. The average molecular weight is 648 g/mol. The van der Waals surface area contributed by atoms with E-state index in [0.717, 1.165) is 31.2 Å². The van der Waals surface area contributed by atoms with Crippen LogP contribution in [0, 0.1) is 0 Å². The van der Waals surface area contributed by atoms with E-state index >= 15 is 0 Å². The molecule has 3 unspecified atom stereocenters. The maximum atomic E-state index is 11.0. The Kier molecular flexibility index (Phi) is 13.7. The highest BCUT2D eigenvalue weighted by atomic mass is 16.5. The Balaban J connectivity index is 1.52. The van der Waals surface area contributed by atoms with Gasteiger partial charge in [-0.05, 0) is 44.0 Å². The van der Waals surface area contributed by atoms with Gasteiger partial charge in [-0.1, -0.05) is 57.0 Å². The Labute approximate surface area is 275 Å². The number of aromatic nitrogens is 3. The molecule has 0 amide bonds. The molecule has 0 aliphatic rings. The van der Waals surface area contributed by atoms with Crippen LogP contribution in [0.2, 0.25) is 0 Å². The van der Waals surface area contributed by atoms with E-state index in [9.17, 15) is 20.4 Å². The summed E-state index contributed by atoms with van der Waals surface area (Å²) >= 11 is 0. The number of hydrogen-bond donors (Lipinski definition) is 4. The van der Waals surface area contributed by atoms with Crippen molar-refractivity contribution in [3.63, 3.8) is 0 Å². The lowest BCUT2D eigenvalue weighted by Crippen LogP contribution is -2.25. The molecule has 4 N–H and O–H groups in total. The molecule has 0 spiro atoms. The molecule has 11 heteroatoms. The van der Waals surface area contributed by atoms with Crippen molar-refractivity contribution < 1.29 is 39.4 Å². The van der Waals surface area contributed by atoms with E-state index < -0.39 is 12.2 Å². The maximum Gasteiger partial charge on any atom is 0.167 e. The summed E-state index contributed by atoms with van der Waals surface area (Å²) in [5.74, 6) is 1.16. The van der Waals surface area contributed by atoms with Crippen molar-refractivity contribution in [1.82, 2.24) is 15.0 Å². The SMILES string of the molecule is CCCCCOCC(O)COc1ccc(-c2nc(-c3ccccc3)nc(-c3ccc(OCC(O)COC(C)CC)cc3O)n2)c(O)c1. The van der Waals surface area contributed by atoms with E-state index in [1.54, 1.807) is 24.3 Å². The van der Waals surface area contributed by atoms with E-state index in [0.29, 0.717) is 35.1 Å². The fourth-order valence-electron chi connectivity index (χ4n) is 4.46. The number of benzene rings is 3. The standard InChI is InChI=1S/C36H45N3O8/c1-4-6-10-17-44-20-26(40)22-46-28-13-15-30(32(42)18-28)35-37-34(25-11-8-7-9-12-25)38-36(39-35)31-16-14-29(19-33(31)43)47-23-27(41)21-45-24(3)5-2/h7-9,11-16,18-19,24,26-27,40-43H,4-6,10,17,20-23H2,1-3H3. The second kappa shape index (κ2) is 18.2. The Morgan fingerprint density at radius 3 is 1.74 bits per heavy atom. The second-order valence-corrected chi connectivity index (χ2v) is 11.3. The van der Waals surface area contributed by atoms with Gasteiger partial charge in [0.15, 0.2) is 17.5 Å². The summed E-state index contributed by atoms with van der Waals surface area (Å²) in [4.78, 5) is 13.8. The molecule has 47 heavy (non-hydrogen) atoms. The molecule has 4 aromatic rings. The average Bonchev–Trinajstić information content (AvgIpc) is 3.08. The first-order chi connectivity index (χ1) is 22.8. The normalized spacial score (nSPS) is 13.2. The Morgan fingerprint density at radius 2 is 1.21 bits per heavy atom. The molecule has 1 aromatic heterocycles. The second-order valence-electron chi connectivity index (χ2n) is 11.3. The third-order valence-electron chi connectivity index (χ3n) is 7.32. The molecule has 11 nitrogen and oxygen atoms in total. The summed E-state index contributed by atoms with van der Waals surface area (Å²) in [5, 5.41) is 42.3. The van der Waals surface area contributed by atoms with Gasteiger partial charge in [-0.3, -0.25) is 0 Å². The number of rotatable bonds is 19. The van der Waals surface area contributed by atoms with E-state index in [-0.39, 0.29) is 55.7 Å². The molecule has 0 saturated heterocycles. The van der Waals surface area contributed by atoms with Crippen LogP contribution in [-0.2, 0) is 9.47 Å². The lowest BCUT2D eigenvalue weighted by Gasteiger charge is -2.16. The summed E-state index contributed by atoms with van der Waals surface area (Å²) < 4.78 is 22.4. The number of aliphatic hydroxyl groups is 2. The van der Waals surface area contributed by atoms with Crippen LogP contribution < -0.4 is 9.47 Å². The number of unbranched alkanes of at least 4 members (excludes halogenated alkanes) is 2. The number of ether oxygens (including phenoxy) is 4. The molecule has 252 valence electrons.